The Balaban J connectivity index is 1.80. The summed E-state index contributed by atoms with van der Waals surface area (Å²) in [4.78, 5) is 38.7. The van der Waals surface area contributed by atoms with E-state index >= 15 is 0 Å². The number of hydrogen-bond donors (Lipinski definition) is 0. The number of rotatable bonds is 8. The Bertz CT molecular complexity index is 999. The summed E-state index contributed by atoms with van der Waals surface area (Å²) in [6.45, 7) is 2.84. The lowest BCUT2D eigenvalue weighted by molar-refractivity contribution is -0.119. The van der Waals surface area contributed by atoms with Crippen LogP contribution >= 0.6 is 11.6 Å². The molecule has 156 valence electrons. The van der Waals surface area contributed by atoms with Gasteiger partial charge in [-0.05, 0) is 37.3 Å². The molecule has 2 aromatic carbocycles. The Morgan fingerprint density at radius 2 is 1.70 bits per heavy atom. The van der Waals surface area contributed by atoms with Gasteiger partial charge in [-0.3, -0.25) is 9.59 Å². The minimum Gasteiger partial charge on any atom is -0.496 e. The average Bonchev–Trinajstić information content (AvgIpc) is 2.99. The van der Waals surface area contributed by atoms with Crippen LogP contribution in [0.5, 0.6) is 5.75 Å². The van der Waals surface area contributed by atoms with Crippen LogP contribution in [-0.2, 0) is 19.1 Å². The van der Waals surface area contributed by atoms with Crippen LogP contribution in [0, 0.1) is 0 Å². The summed E-state index contributed by atoms with van der Waals surface area (Å²) in [7, 11) is 1.47. The highest BCUT2D eigenvalue weighted by Gasteiger charge is 2.40. The molecule has 0 fully saturated rings. The molecular weight excluding hydrogens is 410 g/mol. The summed E-state index contributed by atoms with van der Waals surface area (Å²) in [6, 6.07) is 12.8. The quantitative estimate of drug-likeness (QED) is 0.363. The predicted octanol–water partition coefficient (Wildman–Crippen LogP) is 3.41. The van der Waals surface area contributed by atoms with Gasteiger partial charge in [0, 0.05) is 12.2 Å². The van der Waals surface area contributed by atoms with E-state index in [2.05, 4.69) is 0 Å². The molecule has 1 heterocycles. The van der Waals surface area contributed by atoms with Crippen molar-refractivity contribution in [2.24, 2.45) is 0 Å². The van der Waals surface area contributed by atoms with Crippen molar-refractivity contribution in [1.29, 1.82) is 0 Å². The highest BCUT2D eigenvalue weighted by atomic mass is 35.5. The molecule has 7 nitrogen and oxygen atoms in total. The summed E-state index contributed by atoms with van der Waals surface area (Å²) >= 11 is 6.22. The van der Waals surface area contributed by atoms with Gasteiger partial charge in [0.1, 0.15) is 17.4 Å². The number of carbonyl (C=O) groups excluding carboxylic acids is 3. The first-order valence-electron chi connectivity index (χ1n) is 9.26. The topological polar surface area (TPSA) is 82.1 Å². The number of benzene rings is 2. The fourth-order valence-corrected chi connectivity index (χ4v) is 3.26. The zero-order valence-corrected chi connectivity index (χ0v) is 17.3. The fraction of sp³-hybridized carbons (Fsp3) is 0.227. The van der Waals surface area contributed by atoms with Gasteiger partial charge in [0.25, 0.3) is 11.8 Å². The predicted molar refractivity (Wildman–Crippen MR) is 111 cm³/mol. The number of para-hydroxylation sites is 1. The van der Waals surface area contributed by atoms with Crippen molar-refractivity contribution in [3.05, 3.63) is 64.7 Å². The second kappa shape index (κ2) is 9.56. The van der Waals surface area contributed by atoms with Crippen molar-refractivity contribution in [3.8, 4) is 5.75 Å². The molecule has 0 saturated heterocycles. The molecule has 0 N–H and O–H groups in total. The van der Waals surface area contributed by atoms with Crippen molar-refractivity contribution in [3.63, 3.8) is 0 Å². The van der Waals surface area contributed by atoms with Crippen molar-refractivity contribution in [2.75, 3.05) is 31.8 Å². The minimum atomic E-state index is -0.644. The Morgan fingerprint density at radius 1 is 1.00 bits per heavy atom. The van der Waals surface area contributed by atoms with Crippen LogP contribution in [0.3, 0.4) is 0 Å². The fourth-order valence-electron chi connectivity index (χ4n) is 2.99. The van der Waals surface area contributed by atoms with Crippen LogP contribution in [0.25, 0.3) is 5.57 Å². The zero-order valence-electron chi connectivity index (χ0n) is 16.5. The number of ether oxygens (including phenoxy) is 3. The lowest BCUT2D eigenvalue weighted by atomic mass is 10.0. The summed E-state index contributed by atoms with van der Waals surface area (Å²) in [5.41, 5.74) is 1.08. The number of anilines is 1. The zero-order chi connectivity index (χ0) is 21.7. The average molecular weight is 430 g/mol. The maximum Gasteiger partial charge on any atom is 0.338 e. The van der Waals surface area contributed by atoms with Crippen molar-refractivity contribution in [2.45, 2.75) is 6.92 Å². The van der Waals surface area contributed by atoms with Gasteiger partial charge in [0.2, 0.25) is 0 Å². The first-order chi connectivity index (χ1) is 14.5. The number of nitrogens with zero attached hydrogens (tertiary/aromatic N) is 1. The molecule has 8 heteroatoms. The molecule has 0 aromatic heterocycles. The third-order valence-corrected chi connectivity index (χ3v) is 4.78. The van der Waals surface area contributed by atoms with Crippen LogP contribution in [0.15, 0.2) is 53.6 Å². The van der Waals surface area contributed by atoms with E-state index in [-0.39, 0.29) is 17.2 Å². The lowest BCUT2D eigenvalue weighted by Gasteiger charge is -2.16. The number of amides is 2. The van der Waals surface area contributed by atoms with E-state index in [1.807, 2.05) is 6.92 Å². The van der Waals surface area contributed by atoms with Crippen LogP contribution in [0.4, 0.5) is 5.69 Å². The van der Waals surface area contributed by atoms with E-state index < -0.39 is 17.8 Å². The second-order valence-electron chi connectivity index (χ2n) is 6.21. The van der Waals surface area contributed by atoms with E-state index in [1.54, 1.807) is 24.3 Å². The standard InChI is InChI=1S/C22H20ClNO6/c1-3-29-12-13-30-22(27)14-8-10-15(11-9-14)24-20(25)18(19(23)21(24)26)16-6-4-5-7-17(16)28-2/h4-11H,3,12-13H2,1-2H3. The second-order valence-corrected chi connectivity index (χ2v) is 6.59. The smallest absolute Gasteiger partial charge is 0.338 e. The van der Waals surface area contributed by atoms with E-state index in [0.29, 0.717) is 35.8 Å². The molecule has 30 heavy (non-hydrogen) atoms. The molecule has 2 aromatic rings. The number of methoxy groups -OCH3 is 1. The van der Waals surface area contributed by atoms with E-state index in [1.165, 1.54) is 31.4 Å². The Morgan fingerprint density at radius 3 is 2.37 bits per heavy atom. The van der Waals surface area contributed by atoms with Gasteiger partial charge in [0.05, 0.1) is 30.5 Å². The van der Waals surface area contributed by atoms with Crippen LogP contribution in [0.1, 0.15) is 22.8 Å². The van der Waals surface area contributed by atoms with Crippen molar-refractivity contribution < 1.29 is 28.6 Å². The summed E-state index contributed by atoms with van der Waals surface area (Å²) in [5.74, 6) is -1.30. The Labute approximate surface area is 178 Å². The van der Waals surface area contributed by atoms with Gasteiger partial charge < -0.3 is 14.2 Å². The molecule has 1 aliphatic heterocycles. The van der Waals surface area contributed by atoms with Gasteiger partial charge >= 0.3 is 5.97 Å². The van der Waals surface area contributed by atoms with Crippen LogP contribution < -0.4 is 9.64 Å². The first kappa shape index (κ1) is 21.5. The molecule has 0 spiro atoms. The van der Waals surface area contributed by atoms with Crippen molar-refractivity contribution in [1.82, 2.24) is 0 Å². The molecule has 3 rings (SSSR count). The normalized spacial score (nSPS) is 13.8. The number of carbonyl (C=O) groups is 3. The number of imide groups is 1. The van der Waals surface area contributed by atoms with E-state index in [4.69, 9.17) is 25.8 Å². The van der Waals surface area contributed by atoms with E-state index in [0.717, 1.165) is 4.90 Å². The highest BCUT2D eigenvalue weighted by molar-refractivity contribution is 6.60. The maximum absolute atomic E-state index is 13.0. The third kappa shape index (κ3) is 4.22. The summed E-state index contributed by atoms with van der Waals surface area (Å²) in [5, 5.41) is -0.191. The molecule has 0 aliphatic carbocycles. The first-order valence-corrected chi connectivity index (χ1v) is 9.64. The van der Waals surface area contributed by atoms with E-state index in [9.17, 15) is 14.4 Å². The molecule has 0 atom stereocenters. The molecular formula is C22H20ClNO6. The summed E-state index contributed by atoms with van der Waals surface area (Å²) in [6.07, 6.45) is 0. The highest BCUT2D eigenvalue weighted by Crippen LogP contribution is 2.38. The Kier molecular flexibility index (Phi) is 6.87. The number of esters is 1. The minimum absolute atomic E-state index is 0.0681. The third-order valence-electron chi connectivity index (χ3n) is 4.43. The molecule has 1 aliphatic rings. The van der Waals surface area contributed by atoms with Gasteiger partial charge in [-0.25, -0.2) is 9.69 Å². The molecule has 0 saturated carbocycles. The maximum atomic E-state index is 13.0. The van der Waals surface area contributed by atoms with Gasteiger partial charge in [-0.1, -0.05) is 29.8 Å². The van der Waals surface area contributed by atoms with Crippen molar-refractivity contribution >= 4 is 40.6 Å². The van der Waals surface area contributed by atoms with Gasteiger partial charge in [0.15, 0.2) is 0 Å². The molecule has 0 unspecified atom stereocenters. The van der Waals surface area contributed by atoms with Crippen LogP contribution in [0.2, 0.25) is 0 Å². The van der Waals surface area contributed by atoms with Gasteiger partial charge in [-0.2, -0.15) is 0 Å². The molecule has 2 amide bonds. The number of hydrogen-bond acceptors (Lipinski definition) is 6. The van der Waals surface area contributed by atoms with Crippen LogP contribution in [-0.4, -0.2) is 44.7 Å². The molecule has 0 radical (unpaired) electrons. The van der Waals surface area contributed by atoms with Gasteiger partial charge in [-0.15, -0.1) is 0 Å². The SMILES string of the molecule is CCOCCOC(=O)c1ccc(N2C(=O)C(Cl)=C(c3ccccc3OC)C2=O)cc1. The Hall–Kier alpha value is -3.16. The summed E-state index contributed by atoms with van der Waals surface area (Å²) < 4.78 is 15.5. The largest absolute Gasteiger partial charge is 0.496 e. The number of halogens is 1. The monoisotopic (exact) mass is 429 g/mol. The molecule has 0 bridgehead atoms. The lowest BCUT2D eigenvalue weighted by Crippen LogP contribution is -2.31.